The fourth-order valence-electron chi connectivity index (χ4n) is 4.51. The normalized spacial score (nSPS) is 11.4. The number of hydrogen-bond donors (Lipinski definition) is 2. The first-order chi connectivity index (χ1) is 18.7. The lowest BCUT2D eigenvalue weighted by Gasteiger charge is -2.08. The third kappa shape index (κ3) is 3.96. The van der Waals surface area contributed by atoms with Gasteiger partial charge in [0.2, 0.25) is 0 Å². The van der Waals surface area contributed by atoms with Gasteiger partial charge in [0.15, 0.2) is 5.82 Å². The van der Waals surface area contributed by atoms with Gasteiger partial charge in [-0.3, -0.25) is 15.1 Å². The predicted molar refractivity (Wildman–Crippen MR) is 145 cm³/mol. The van der Waals surface area contributed by atoms with Crippen LogP contribution in [0.15, 0.2) is 91.8 Å². The second-order valence-electron chi connectivity index (χ2n) is 9.05. The molecule has 0 fully saturated rings. The first-order valence-corrected chi connectivity index (χ1v) is 12.2. The summed E-state index contributed by atoms with van der Waals surface area (Å²) in [5.74, 6) is 1.43. The van der Waals surface area contributed by atoms with E-state index in [1.54, 1.807) is 24.9 Å². The summed E-state index contributed by atoms with van der Waals surface area (Å²) in [6.45, 7) is 2.46. The van der Waals surface area contributed by atoms with Gasteiger partial charge in [0, 0.05) is 17.1 Å². The third-order valence-electron chi connectivity index (χ3n) is 6.41. The van der Waals surface area contributed by atoms with E-state index >= 15 is 0 Å². The zero-order chi connectivity index (χ0) is 25.5. The van der Waals surface area contributed by atoms with E-state index in [2.05, 4.69) is 30.1 Å². The van der Waals surface area contributed by atoms with Gasteiger partial charge >= 0.3 is 0 Å². The Morgan fingerprint density at radius 1 is 0.921 bits per heavy atom. The number of imidazole rings is 2. The average Bonchev–Trinajstić information content (AvgIpc) is 3.70. The number of aromatic nitrogens is 8. The molecule has 5 aromatic heterocycles. The van der Waals surface area contributed by atoms with Gasteiger partial charge in [0.05, 0.1) is 53.0 Å². The molecule has 0 aliphatic heterocycles. The minimum Gasteiger partial charge on any atom is -0.489 e. The molecule has 0 bridgehead atoms. The highest BCUT2D eigenvalue weighted by Gasteiger charge is 2.17. The van der Waals surface area contributed by atoms with E-state index in [9.17, 15) is 0 Å². The van der Waals surface area contributed by atoms with Crippen LogP contribution in [0.4, 0.5) is 0 Å². The number of nitrogens with one attached hydrogen (secondary N) is 2. The molecule has 0 amide bonds. The summed E-state index contributed by atoms with van der Waals surface area (Å²) >= 11 is 0. The fraction of sp³-hybridized carbons (Fsp3) is 0.0690. The van der Waals surface area contributed by atoms with E-state index in [0.29, 0.717) is 18.1 Å². The largest absolute Gasteiger partial charge is 0.489 e. The molecule has 0 aliphatic carbocycles. The molecule has 0 atom stereocenters. The van der Waals surface area contributed by atoms with Gasteiger partial charge in [-0.2, -0.15) is 5.10 Å². The van der Waals surface area contributed by atoms with E-state index in [0.717, 1.165) is 55.9 Å². The summed E-state index contributed by atoms with van der Waals surface area (Å²) in [5, 5.41) is 8.56. The molecule has 0 saturated heterocycles. The number of fused-ring (bicyclic) bond motifs is 2. The lowest BCUT2D eigenvalue weighted by Crippen LogP contribution is -1.95. The smallest absolute Gasteiger partial charge is 0.159 e. The van der Waals surface area contributed by atoms with Gasteiger partial charge in [0.1, 0.15) is 23.6 Å². The Bertz CT molecular complexity index is 1900. The maximum Gasteiger partial charge on any atom is 0.159 e. The van der Waals surface area contributed by atoms with Crippen LogP contribution in [-0.2, 0) is 6.61 Å². The van der Waals surface area contributed by atoms with Crippen molar-refractivity contribution in [1.82, 2.24) is 39.7 Å². The van der Waals surface area contributed by atoms with Crippen LogP contribution in [0.3, 0.4) is 0 Å². The summed E-state index contributed by atoms with van der Waals surface area (Å²) in [7, 11) is 0. The lowest BCUT2D eigenvalue weighted by molar-refractivity contribution is 0.306. The Morgan fingerprint density at radius 2 is 1.84 bits per heavy atom. The molecule has 0 aliphatic rings. The molecule has 2 N–H and O–H groups in total. The van der Waals surface area contributed by atoms with E-state index in [4.69, 9.17) is 9.72 Å². The van der Waals surface area contributed by atoms with Crippen molar-refractivity contribution in [3.63, 3.8) is 0 Å². The van der Waals surface area contributed by atoms with Crippen LogP contribution in [0.2, 0.25) is 0 Å². The van der Waals surface area contributed by atoms with Crippen LogP contribution >= 0.6 is 0 Å². The highest BCUT2D eigenvalue weighted by molar-refractivity contribution is 5.95. The van der Waals surface area contributed by atoms with Gasteiger partial charge in [-0.05, 0) is 30.7 Å². The summed E-state index contributed by atoms with van der Waals surface area (Å²) in [4.78, 5) is 21.7. The van der Waals surface area contributed by atoms with Crippen LogP contribution in [0.25, 0.3) is 50.4 Å². The first kappa shape index (κ1) is 21.9. The van der Waals surface area contributed by atoms with Gasteiger partial charge in [-0.25, -0.2) is 9.97 Å². The predicted octanol–water partition coefficient (Wildman–Crippen LogP) is 5.64. The topological polar surface area (TPSA) is 110 Å². The maximum absolute atomic E-state index is 6.03. The zero-order valence-electron chi connectivity index (χ0n) is 20.5. The molecule has 7 rings (SSSR count). The molecule has 38 heavy (non-hydrogen) atoms. The summed E-state index contributed by atoms with van der Waals surface area (Å²) in [6.07, 6.45) is 9.06. The van der Waals surface area contributed by atoms with Crippen LogP contribution in [-0.4, -0.2) is 39.7 Å². The quantitative estimate of drug-likeness (QED) is 0.307. The molecule has 0 unspecified atom stereocenters. The number of nitrogens with zero attached hydrogens (tertiary/aromatic N) is 6. The monoisotopic (exact) mass is 498 g/mol. The van der Waals surface area contributed by atoms with Crippen molar-refractivity contribution in [2.45, 2.75) is 13.5 Å². The molecule has 0 spiro atoms. The number of hydrogen-bond acceptors (Lipinski definition) is 6. The second-order valence-corrected chi connectivity index (χ2v) is 9.05. The maximum atomic E-state index is 6.03. The molecular weight excluding hydrogens is 476 g/mol. The molecule has 2 aromatic carbocycles. The molecular formula is C29H22N8O. The minimum absolute atomic E-state index is 0.504. The van der Waals surface area contributed by atoms with E-state index in [-0.39, 0.29) is 0 Å². The third-order valence-corrected chi connectivity index (χ3v) is 6.41. The number of benzene rings is 2. The second kappa shape index (κ2) is 8.97. The van der Waals surface area contributed by atoms with Gasteiger partial charge in [0.25, 0.3) is 0 Å². The standard InChI is InChI=1S/C29H22N8O/c1-18-15-37(17-32-18)26-14-30-12-25-28(26)34-29(33-25)27-22-11-23(31-13-24(22)35-36-27)20-8-5-9-21(10-20)38-16-19-6-3-2-4-7-19/h2-15,17H,16H2,1H3,(H,33,34)(H,35,36). The zero-order valence-corrected chi connectivity index (χ0v) is 20.5. The average molecular weight is 499 g/mol. The summed E-state index contributed by atoms with van der Waals surface area (Å²) < 4.78 is 7.95. The van der Waals surface area contributed by atoms with Crippen LogP contribution in [0.5, 0.6) is 5.75 Å². The van der Waals surface area contributed by atoms with Crippen molar-refractivity contribution in [1.29, 1.82) is 0 Å². The van der Waals surface area contributed by atoms with E-state index < -0.39 is 0 Å². The van der Waals surface area contributed by atoms with Crippen LogP contribution in [0.1, 0.15) is 11.3 Å². The SMILES string of the molecule is Cc1cn(-c2cncc3[nH]c(-c4n[nH]c5cnc(-c6cccc(OCc7ccccc7)c6)cc45)nc23)cn1. The first-order valence-electron chi connectivity index (χ1n) is 12.2. The van der Waals surface area contributed by atoms with Crippen molar-refractivity contribution < 1.29 is 4.74 Å². The molecule has 9 nitrogen and oxygen atoms in total. The Hall–Kier alpha value is -5.31. The van der Waals surface area contributed by atoms with Crippen molar-refractivity contribution in [2.75, 3.05) is 0 Å². The number of aryl methyl sites for hydroxylation is 1. The molecule has 0 saturated carbocycles. The van der Waals surface area contributed by atoms with Crippen molar-refractivity contribution in [3.05, 3.63) is 103 Å². The Kier molecular flexibility index (Phi) is 5.18. The molecule has 5 heterocycles. The van der Waals surface area contributed by atoms with Crippen molar-refractivity contribution >= 4 is 21.9 Å². The number of rotatable bonds is 6. The Balaban J connectivity index is 1.24. The van der Waals surface area contributed by atoms with Gasteiger partial charge < -0.3 is 14.3 Å². The van der Waals surface area contributed by atoms with Crippen LogP contribution in [0, 0.1) is 6.92 Å². The number of aromatic amines is 2. The number of pyridine rings is 2. The lowest BCUT2D eigenvalue weighted by atomic mass is 10.1. The van der Waals surface area contributed by atoms with E-state index in [1.807, 2.05) is 78.4 Å². The number of H-pyrrole nitrogens is 2. The van der Waals surface area contributed by atoms with Crippen molar-refractivity contribution in [3.8, 4) is 34.2 Å². The van der Waals surface area contributed by atoms with Gasteiger partial charge in [-0.1, -0.05) is 42.5 Å². The molecule has 0 radical (unpaired) electrons. The van der Waals surface area contributed by atoms with Gasteiger partial charge in [-0.15, -0.1) is 0 Å². The highest BCUT2D eigenvalue weighted by Crippen LogP contribution is 2.31. The minimum atomic E-state index is 0.504. The Labute approximate surface area is 217 Å². The van der Waals surface area contributed by atoms with Crippen LogP contribution < -0.4 is 4.74 Å². The highest BCUT2D eigenvalue weighted by atomic mass is 16.5. The fourth-order valence-corrected chi connectivity index (χ4v) is 4.51. The molecule has 7 aromatic rings. The van der Waals surface area contributed by atoms with E-state index in [1.165, 1.54) is 0 Å². The summed E-state index contributed by atoms with van der Waals surface area (Å²) in [6, 6.07) is 20.1. The summed E-state index contributed by atoms with van der Waals surface area (Å²) in [5.41, 5.74) is 7.81. The number of ether oxygens (including phenoxy) is 1. The Morgan fingerprint density at radius 3 is 2.71 bits per heavy atom. The van der Waals surface area contributed by atoms with Crippen molar-refractivity contribution in [2.24, 2.45) is 0 Å². The molecule has 9 heteroatoms. The molecule has 184 valence electrons.